The summed E-state index contributed by atoms with van der Waals surface area (Å²) >= 11 is 0. The highest BCUT2D eigenvalue weighted by molar-refractivity contribution is 5.81. The molecule has 0 aromatic heterocycles. The van der Waals surface area contributed by atoms with Crippen molar-refractivity contribution in [2.75, 3.05) is 48.2 Å². The third kappa shape index (κ3) is 19.3. The predicted octanol–water partition coefficient (Wildman–Crippen LogP) is 4.48. The number of methoxy groups -OCH3 is 4. The van der Waals surface area contributed by atoms with Crippen LogP contribution < -0.4 is 5.32 Å². The van der Waals surface area contributed by atoms with Gasteiger partial charge in [0.05, 0.1) is 80.7 Å². The molecule has 22 atom stereocenters. The summed E-state index contributed by atoms with van der Waals surface area (Å²) < 4.78 is 80.4. The molecule has 5 heterocycles. The first kappa shape index (κ1) is 72.2. The first-order chi connectivity index (χ1) is 42.0. The number of aliphatic hydroxyl groups excluding tert-OH is 4. The average Bonchev–Trinajstić information content (AvgIpc) is 0.934. The van der Waals surface area contributed by atoms with Crippen LogP contribution in [0.25, 0.3) is 0 Å². The lowest BCUT2D eigenvalue weighted by Gasteiger charge is -2.54. The standard InChI is InChI=1S/C65H95NO22/c1-38(58(79-11)39(2)47-33-45(68)46(84-47)27-18-12-13-20-29-52(69)70)24-21-22-30-66-63(74)44(65(75)62(85-53(71)32-43-25-16-14-17-26-43)61(73)64(6,7)51(88-65)28-19-15-23-31-67)37-80-54-35-49(77-9)59(41(4)82-54)87-56-36-50(78-10)60(42(5)83-56)86-55-34-48(76-8)57(72)40(3)81-55/h12-29,39-42,44-51,54-62,67-68,72-73,75H,30-37H2,1-11H3,(H,66,74)(H,69,70)/b13-12+,22-21+,23-15-,27-18+,28-19+,29-20+,38-24+/t39-,40-,41-,42-,44+,45-,46-,47+,48-,49-,50+,51-,54+,55-,56+,57+,58+,59+,60-,61-,62+,65+/m0/s1. The van der Waals surface area contributed by atoms with Crippen LogP contribution in [0.5, 0.6) is 0 Å². The van der Waals surface area contributed by atoms with Crippen molar-refractivity contribution in [3.8, 4) is 0 Å². The zero-order valence-corrected chi connectivity index (χ0v) is 52.4. The van der Waals surface area contributed by atoms with Crippen molar-refractivity contribution in [3.63, 3.8) is 0 Å². The van der Waals surface area contributed by atoms with E-state index in [1.54, 1.807) is 127 Å². The fourth-order valence-electron chi connectivity index (χ4n) is 11.8. The number of hydrogen-bond acceptors (Lipinski definition) is 21. The Morgan fingerprint density at radius 1 is 0.750 bits per heavy atom. The normalized spacial score (nSPS) is 36.0. The molecule has 1 amide bonds. The maximum atomic E-state index is 14.9. The lowest BCUT2D eigenvalue weighted by molar-refractivity contribution is -0.368. The fraction of sp³-hybridized carbons (Fsp3) is 0.646. The highest BCUT2D eigenvalue weighted by atomic mass is 16.7. The number of hydrogen-bond donors (Lipinski definition) is 7. The molecule has 1 aromatic carbocycles. The van der Waals surface area contributed by atoms with Gasteiger partial charge in [-0.25, -0.2) is 4.79 Å². The van der Waals surface area contributed by atoms with Gasteiger partial charge < -0.3 is 97.5 Å². The average molecular weight is 1240 g/mol. The molecule has 0 saturated carbocycles. The summed E-state index contributed by atoms with van der Waals surface area (Å²) in [6.07, 6.45) is 6.42. The molecule has 1 aromatic rings. The van der Waals surface area contributed by atoms with Gasteiger partial charge in [0.1, 0.15) is 36.4 Å². The molecule has 23 nitrogen and oxygen atoms in total. The number of carbonyl (C=O) groups excluding carboxylic acids is 2. The maximum Gasteiger partial charge on any atom is 0.328 e. The van der Waals surface area contributed by atoms with Crippen molar-refractivity contribution in [2.45, 2.75) is 203 Å². The van der Waals surface area contributed by atoms with E-state index in [4.69, 9.17) is 66.7 Å². The van der Waals surface area contributed by atoms with Gasteiger partial charge in [0.2, 0.25) is 11.7 Å². The molecule has 0 radical (unpaired) electrons. The zero-order valence-electron chi connectivity index (χ0n) is 52.4. The maximum absolute atomic E-state index is 14.9. The monoisotopic (exact) mass is 1240 g/mol. The second kappa shape index (κ2) is 34.5. The number of allylic oxidation sites excluding steroid dienone is 8. The van der Waals surface area contributed by atoms with E-state index in [9.17, 15) is 39.9 Å². The quantitative estimate of drug-likeness (QED) is 0.0331. The second-order valence-electron chi connectivity index (χ2n) is 23.6. The molecule has 5 aliphatic rings. The Morgan fingerprint density at radius 3 is 1.98 bits per heavy atom. The number of carboxylic acids is 1. The fourth-order valence-corrected chi connectivity index (χ4v) is 11.8. The van der Waals surface area contributed by atoms with Gasteiger partial charge in [-0.15, -0.1) is 0 Å². The van der Waals surface area contributed by atoms with Crippen LogP contribution in [0, 0.1) is 17.3 Å². The van der Waals surface area contributed by atoms with Crippen LogP contribution >= 0.6 is 0 Å². The minimum Gasteiger partial charge on any atom is -0.478 e. The first-order valence-electron chi connectivity index (χ1n) is 30.1. The van der Waals surface area contributed by atoms with Crippen molar-refractivity contribution in [1.29, 1.82) is 0 Å². The molecule has 23 heteroatoms. The molecule has 5 saturated heterocycles. The van der Waals surface area contributed by atoms with Gasteiger partial charge in [-0.3, -0.25) is 9.59 Å². The van der Waals surface area contributed by atoms with E-state index in [0.29, 0.717) is 18.4 Å². The van der Waals surface area contributed by atoms with E-state index in [0.717, 1.165) is 11.6 Å². The van der Waals surface area contributed by atoms with Gasteiger partial charge in [-0.1, -0.05) is 124 Å². The summed E-state index contributed by atoms with van der Waals surface area (Å²) in [7, 11) is 6.20. The number of aliphatic hydroxyl groups is 5. The number of ether oxygens (including phenoxy) is 13. The molecule has 0 bridgehead atoms. The Balaban J connectivity index is 1.20. The van der Waals surface area contributed by atoms with Crippen LogP contribution in [0.3, 0.4) is 0 Å². The van der Waals surface area contributed by atoms with E-state index < -0.39 is 152 Å². The van der Waals surface area contributed by atoms with Crippen LogP contribution in [-0.4, -0.2) is 219 Å². The van der Waals surface area contributed by atoms with Gasteiger partial charge >= 0.3 is 11.9 Å². The van der Waals surface area contributed by atoms with Gasteiger partial charge in [0, 0.05) is 78.1 Å². The SMILES string of the molecule is CO[C@H]1C[C@H](O[C@H]2[C@H](C)O[C@H](O[C@@H]3[C@H](C)O[C@@H](OC[C@H](C(=O)NC/C=C/C=C(\C)[C@@H](OC)[C@@H](C)[C@H]4C[C@H](O)[C@H](/C=C/C=C/C=C/C(=O)O)O4)[C@@]4(O)O[C@@H](/C=C/C=C\CO)C(C)(C)[C@@H](O)[C@H]4OC(=O)Cc4ccccc4)C[C@@H]3OC)C[C@H]2OC)O[C@@H](C)[C@H]1O. The number of rotatable bonds is 29. The molecule has 0 aliphatic carbocycles. The zero-order chi connectivity index (χ0) is 64.3. The molecule has 7 N–H and O–H groups in total. The third-order valence-corrected chi connectivity index (χ3v) is 17.0. The molecular formula is C65H95NO22. The highest BCUT2D eigenvalue weighted by Gasteiger charge is 2.63. The number of benzene rings is 1. The predicted molar refractivity (Wildman–Crippen MR) is 320 cm³/mol. The Hall–Kier alpha value is -4.87. The smallest absolute Gasteiger partial charge is 0.328 e. The minimum absolute atomic E-state index is 0.0754. The van der Waals surface area contributed by atoms with Crippen molar-refractivity contribution < 1.29 is 107 Å². The largest absolute Gasteiger partial charge is 0.478 e. The molecule has 88 heavy (non-hydrogen) atoms. The van der Waals surface area contributed by atoms with Crippen molar-refractivity contribution in [3.05, 3.63) is 120 Å². The molecular weight excluding hydrogens is 1150 g/mol. The lowest BCUT2D eigenvalue weighted by Crippen LogP contribution is -2.71. The number of aliphatic carboxylic acids is 1. The van der Waals surface area contributed by atoms with E-state index in [-0.39, 0.29) is 44.4 Å². The topological polar surface area (TPSA) is 305 Å². The molecule has 5 aliphatic heterocycles. The second-order valence-corrected chi connectivity index (χ2v) is 23.6. The van der Waals surface area contributed by atoms with Gasteiger partial charge in [-0.2, -0.15) is 0 Å². The number of amides is 1. The molecule has 0 spiro atoms. The van der Waals surface area contributed by atoms with Crippen LogP contribution in [0.15, 0.2) is 115 Å². The van der Waals surface area contributed by atoms with Gasteiger partial charge in [0.15, 0.2) is 25.0 Å². The minimum atomic E-state index is -2.76. The molecule has 492 valence electrons. The number of carbonyl (C=O) groups is 3. The summed E-state index contributed by atoms with van der Waals surface area (Å²) in [6.45, 7) is 11.6. The number of esters is 1. The number of carboxylic acid groups (broad SMARTS) is 1. The Bertz CT molecular complexity index is 2550. The molecule has 5 fully saturated rings. The van der Waals surface area contributed by atoms with Gasteiger partial charge in [0.25, 0.3) is 0 Å². The first-order valence-corrected chi connectivity index (χ1v) is 30.1. The Kier molecular flexibility index (Phi) is 28.3. The van der Waals surface area contributed by atoms with Gasteiger partial charge in [-0.05, 0) is 38.8 Å². The Labute approximate surface area is 516 Å². The van der Waals surface area contributed by atoms with Crippen LogP contribution in [0.1, 0.15) is 79.7 Å². The summed E-state index contributed by atoms with van der Waals surface area (Å²) in [4.78, 5) is 39.6. The summed E-state index contributed by atoms with van der Waals surface area (Å²) in [5.74, 6) is -7.35. The van der Waals surface area contributed by atoms with E-state index in [2.05, 4.69) is 5.32 Å². The third-order valence-electron chi connectivity index (χ3n) is 17.0. The van der Waals surface area contributed by atoms with E-state index in [1.807, 2.05) is 26.8 Å². The number of nitrogens with one attached hydrogen (secondary N) is 1. The van der Waals surface area contributed by atoms with Crippen molar-refractivity contribution in [1.82, 2.24) is 5.32 Å². The van der Waals surface area contributed by atoms with E-state index >= 15 is 0 Å². The summed E-state index contributed by atoms with van der Waals surface area (Å²) in [5, 5.41) is 68.0. The highest BCUT2D eigenvalue weighted by Crippen LogP contribution is 2.46. The van der Waals surface area contributed by atoms with Crippen LogP contribution in [-0.2, 0) is 82.4 Å². The summed E-state index contributed by atoms with van der Waals surface area (Å²) in [5.41, 5.74) is 0.168. The van der Waals surface area contributed by atoms with Crippen LogP contribution in [0.2, 0.25) is 0 Å². The Morgan fingerprint density at radius 2 is 1.35 bits per heavy atom. The lowest BCUT2D eigenvalue weighted by atomic mass is 9.71. The molecule has 6 rings (SSSR count). The van der Waals surface area contributed by atoms with E-state index in [1.165, 1.54) is 26.4 Å². The van der Waals surface area contributed by atoms with Crippen molar-refractivity contribution >= 4 is 17.8 Å². The molecule has 0 unspecified atom stereocenters. The summed E-state index contributed by atoms with van der Waals surface area (Å²) in [6, 6.07) is 8.77. The van der Waals surface area contributed by atoms with Crippen molar-refractivity contribution in [2.24, 2.45) is 17.3 Å². The van der Waals surface area contributed by atoms with Crippen LogP contribution in [0.4, 0.5) is 0 Å².